The maximum absolute atomic E-state index is 5.77. The van der Waals surface area contributed by atoms with Crippen LogP contribution in [0, 0.1) is 20.8 Å². The van der Waals surface area contributed by atoms with Gasteiger partial charge in [-0.3, -0.25) is 0 Å². The SMILES string of the molecule is C=C(CNC)COc1cc(C)cc(C)c1C. The lowest BCUT2D eigenvalue weighted by Gasteiger charge is -2.13. The van der Waals surface area contributed by atoms with Gasteiger partial charge in [-0.05, 0) is 56.1 Å². The topological polar surface area (TPSA) is 21.3 Å². The van der Waals surface area contributed by atoms with Crippen molar-refractivity contribution in [2.24, 2.45) is 0 Å². The predicted octanol–water partition coefficient (Wildman–Crippen LogP) is 2.77. The third kappa shape index (κ3) is 3.38. The van der Waals surface area contributed by atoms with E-state index in [-0.39, 0.29) is 0 Å². The van der Waals surface area contributed by atoms with Gasteiger partial charge in [-0.25, -0.2) is 0 Å². The molecule has 2 nitrogen and oxygen atoms in total. The zero-order valence-corrected chi connectivity index (χ0v) is 10.7. The average molecular weight is 219 g/mol. The second kappa shape index (κ2) is 5.71. The molecule has 0 saturated carbocycles. The summed E-state index contributed by atoms with van der Waals surface area (Å²) < 4.78 is 5.77. The predicted molar refractivity (Wildman–Crippen MR) is 69.2 cm³/mol. The highest BCUT2D eigenvalue weighted by atomic mass is 16.5. The molecule has 1 rings (SSSR count). The molecule has 0 aliphatic heterocycles. The first-order valence-electron chi connectivity index (χ1n) is 5.56. The van der Waals surface area contributed by atoms with Gasteiger partial charge in [0.1, 0.15) is 12.4 Å². The van der Waals surface area contributed by atoms with Crippen molar-refractivity contribution >= 4 is 0 Å². The molecule has 0 amide bonds. The Morgan fingerprint density at radius 1 is 1.31 bits per heavy atom. The Labute approximate surface area is 98.3 Å². The summed E-state index contributed by atoms with van der Waals surface area (Å²) in [6.07, 6.45) is 0. The van der Waals surface area contributed by atoms with Crippen LogP contribution < -0.4 is 10.1 Å². The van der Waals surface area contributed by atoms with Gasteiger partial charge in [0.15, 0.2) is 0 Å². The number of aryl methyl sites for hydroxylation is 2. The molecule has 0 spiro atoms. The van der Waals surface area contributed by atoms with Gasteiger partial charge >= 0.3 is 0 Å². The normalized spacial score (nSPS) is 10.2. The molecule has 0 radical (unpaired) electrons. The molecular weight excluding hydrogens is 198 g/mol. The van der Waals surface area contributed by atoms with Gasteiger partial charge in [0.25, 0.3) is 0 Å². The molecule has 0 unspecified atom stereocenters. The molecule has 1 aromatic rings. The summed E-state index contributed by atoms with van der Waals surface area (Å²) in [4.78, 5) is 0. The van der Waals surface area contributed by atoms with E-state index in [0.717, 1.165) is 17.9 Å². The Bertz CT molecular complexity index is 383. The van der Waals surface area contributed by atoms with E-state index in [1.165, 1.54) is 16.7 Å². The Balaban J connectivity index is 2.70. The summed E-state index contributed by atoms with van der Waals surface area (Å²) in [5.74, 6) is 0.967. The zero-order valence-electron chi connectivity index (χ0n) is 10.7. The van der Waals surface area contributed by atoms with Crippen LogP contribution in [-0.2, 0) is 0 Å². The summed E-state index contributed by atoms with van der Waals surface area (Å²) >= 11 is 0. The molecule has 0 atom stereocenters. The van der Waals surface area contributed by atoms with Crippen LogP contribution in [0.1, 0.15) is 16.7 Å². The number of ether oxygens (including phenoxy) is 1. The highest BCUT2D eigenvalue weighted by molar-refractivity contribution is 5.42. The van der Waals surface area contributed by atoms with Crippen molar-refractivity contribution in [1.82, 2.24) is 5.32 Å². The van der Waals surface area contributed by atoms with Crippen molar-refractivity contribution < 1.29 is 4.74 Å². The maximum Gasteiger partial charge on any atom is 0.123 e. The van der Waals surface area contributed by atoms with Crippen LogP contribution in [0.15, 0.2) is 24.3 Å². The van der Waals surface area contributed by atoms with E-state index >= 15 is 0 Å². The van der Waals surface area contributed by atoms with Crippen LogP contribution in [0.25, 0.3) is 0 Å². The van der Waals surface area contributed by atoms with Gasteiger partial charge in [-0.2, -0.15) is 0 Å². The number of hydrogen-bond donors (Lipinski definition) is 1. The lowest BCUT2D eigenvalue weighted by Crippen LogP contribution is -2.15. The molecular formula is C14H21NO. The van der Waals surface area contributed by atoms with E-state index in [0.29, 0.717) is 6.61 Å². The first-order valence-corrected chi connectivity index (χ1v) is 5.56. The maximum atomic E-state index is 5.77. The summed E-state index contributed by atoms with van der Waals surface area (Å²) in [5, 5.41) is 3.06. The number of hydrogen-bond acceptors (Lipinski definition) is 2. The Morgan fingerprint density at radius 2 is 2.00 bits per heavy atom. The van der Waals surface area contributed by atoms with Gasteiger partial charge in [-0.1, -0.05) is 12.6 Å². The quantitative estimate of drug-likeness (QED) is 0.769. The van der Waals surface area contributed by atoms with Crippen LogP contribution in [0.2, 0.25) is 0 Å². The lowest BCUT2D eigenvalue weighted by molar-refractivity contribution is 0.346. The summed E-state index contributed by atoms with van der Waals surface area (Å²) in [5.41, 5.74) is 4.77. The van der Waals surface area contributed by atoms with Crippen LogP contribution in [-0.4, -0.2) is 20.2 Å². The van der Waals surface area contributed by atoms with Crippen molar-refractivity contribution in [3.63, 3.8) is 0 Å². The van der Waals surface area contributed by atoms with E-state index in [9.17, 15) is 0 Å². The molecule has 0 saturated heterocycles. The highest BCUT2D eigenvalue weighted by Crippen LogP contribution is 2.23. The number of rotatable bonds is 5. The number of benzene rings is 1. The summed E-state index contributed by atoms with van der Waals surface area (Å²) in [6, 6.07) is 4.25. The second-order valence-electron chi connectivity index (χ2n) is 4.27. The van der Waals surface area contributed by atoms with Crippen LogP contribution in [0.5, 0.6) is 5.75 Å². The lowest BCUT2D eigenvalue weighted by atomic mass is 10.1. The standard InChI is InChI=1S/C14H21NO/c1-10-6-12(3)13(4)14(7-10)16-9-11(2)8-15-5/h6-7,15H,2,8-9H2,1,3-5H3. The Morgan fingerprint density at radius 3 is 2.62 bits per heavy atom. The molecule has 0 bridgehead atoms. The van der Waals surface area contributed by atoms with Crippen LogP contribution in [0.3, 0.4) is 0 Å². The molecule has 0 heterocycles. The van der Waals surface area contributed by atoms with E-state index < -0.39 is 0 Å². The third-order valence-electron chi connectivity index (χ3n) is 2.62. The van der Waals surface area contributed by atoms with Crippen molar-refractivity contribution in [2.45, 2.75) is 20.8 Å². The Kier molecular flexibility index (Phi) is 4.56. The van der Waals surface area contributed by atoms with Gasteiger partial charge < -0.3 is 10.1 Å². The average Bonchev–Trinajstić information content (AvgIpc) is 2.21. The Hall–Kier alpha value is -1.28. The first-order chi connectivity index (χ1) is 7.54. The fourth-order valence-electron chi connectivity index (χ4n) is 1.63. The molecule has 0 fully saturated rings. The molecule has 16 heavy (non-hydrogen) atoms. The van der Waals surface area contributed by atoms with Crippen LogP contribution >= 0.6 is 0 Å². The van der Waals surface area contributed by atoms with Crippen molar-refractivity contribution in [3.05, 3.63) is 41.0 Å². The summed E-state index contributed by atoms with van der Waals surface area (Å²) in [7, 11) is 1.91. The minimum absolute atomic E-state index is 0.574. The van der Waals surface area contributed by atoms with Gasteiger partial charge in [0.2, 0.25) is 0 Å². The molecule has 1 N–H and O–H groups in total. The molecule has 88 valence electrons. The van der Waals surface area contributed by atoms with Crippen molar-refractivity contribution in [2.75, 3.05) is 20.2 Å². The van der Waals surface area contributed by atoms with E-state index in [1.54, 1.807) is 0 Å². The molecule has 1 aromatic carbocycles. The number of likely N-dealkylation sites (N-methyl/N-ethyl adjacent to an activating group) is 1. The minimum atomic E-state index is 0.574. The van der Waals surface area contributed by atoms with Gasteiger partial charge in [0.05, 0.1) is 0 Å². The molecule has 0 aliphatic carbocycles. The fourth-order valence-corrected chi connectivity index (χ4v) is 1.63. The second-order valence-corrected chi connectivity index (χ2v) is 4.27. The first kappa shape index (κ1) is 12.8. The van der Waals surface area contributed by atoms with Crippen molar-refractivity contribution in [3.8, 4) is 5.75 Å². The minimum Gasteiger partial charge on any atom is -0.489 e. The van der Waals surface area contributed by atoms with E-state index in [1.807, 2.05) is 7.05 Å². The van der Waals surface area contributed by atoms with Gasteiger partial charge in [0, 0.05) is 6.54 Å². The molecule has 2 heteroatoms. The third-order valence-corrected chi connectivity index (χ3v) is 2.62. The zero-order chi connectivity index (χ0) is 12.1. The molecule has 0 aliphatic rings. The van der Waals surface area contributed by atoms with Crippen LogP contribution in [0.4, 0.5) is 0 Å². The fraction of sp³-hybridized carbons (Fsp3) is 0.429. The van der Waals surface area contributed by atoms with E-state index in [4.69, 9.17) is 4.74 Å². The smallest absolute Gasteiger partial charge is 0.123 e. The monoisotopic (exact) mass is 219 g/mol. The highest BCUT2D eigenvalue weighted by Gasteiger charge is 2.04. The van der Waals surface area contributed by atoms with E-state index in [2.05, 4.69) is 44.8 Å². The number of nitrogens with one attached hydrogen (secondary N) is 1. The summed E-state index contributed by atoms with van der Waals surface area (Å²) in [6.45, 7) is 11.6. The molecule has 0 aromatic heterocycles. The van der Waals surface area contributed by atoms with Gasteiger partial charge in [-0.15, -0.1) is 0 Å². The largest absolute Gasteiger partial charge is 0.489 e. The van der Waals surface area contributed by atoms with Crippen molar-refractivity contribution in [1.29, 1.82) is 0 Å².